The number of imidazole rings is 1. The second kappa shape index (κ2) is 6.85. The molecule has 1 atom stereocenters. The molecule has 7 heteroatoms. The van der Waals surface area contributed by atoms with Gasteiger partial charge in [-0.1, -0.05) is 0 Å². The summed E-state index contributed by atoms with van der Waals surface area (Å²) in [4.78, 5) is 12.2. The molecule has 0 spiro atoms. The highest BCUT2D eigenvalue weighted by Gasteiger charge is 2.13. The van der Waals surface area contributed by atoms with Crippen LogP contribution in [0.25, 0.3) is 0 Å². The third-order valence-electron chi connectivity index (χ3n) is 2.92. The van der Waals surface area contributed by atoms with Crippen LogP contribution in [-0.4, -0.2) is 39.8 Å². The van der Waals surface area contributed by atoms with E-state index in [0.717, 1.165) is 12.1 Å². The first-order valence-corrected chi connectivity index (χ1v) is 6.35. The molecule has 0 saturated carbocycles. The Hall–Kier alpha value is -2.15. The summed E-state index contributed by atoms with van der Waals surface area (Å²) in [5, 5.41) is 3.40. The Labute approximate surface area is 118 Å². The molecule has 0 aromatic carbocycles. The summed E-state index contributed by atoms with van der Waals surface area (Å²) in [5.41, 5.74) is 0.815. The van der Waals surface area contributed by atoms with Gasteiger partial charge in [-0.2, -0.15) is 0 Å². The van der Waals surface area contributed by atoms with E-state index in [4.69, 9.17) is 9.47 Å². The van der Waals surface area contributed by atoms with Crippen LogP contribution >= 0.6 is 0 Å². The Kier molecular flexibility index (Phi) is 4.89. The molecule has 0 aliphatic carbocycles. The summed E-state index contributed by atoms with van der Waals surface area (Å²) in [6.45, 7) is 3.50. The number of nitrogens with zero attached hydrogens (tertiary/aromatic N) is 4. The third kappa shape index (κ3) is 3.45. The Bertz CT molecular complexity index is 507. The van der Waals surface area contributed by atoms with E-state index in [1.807, 2.05) is 10.8 Å². The maximum absolute atomic E-state index is 5.24. The number of methoxy groups -OCH3 is 2. The van der Waals surface area contributed by atoms with Gasteiger partial charge in [-0.15, -0.1) is 0 Å². The average molecular weight is 277 g/mol. The molecule has 0 bridgehead atoms. The Morgan fingerprint density at radius 2 is 1.95 bits per heavy atom. The SMILES string of the molecule is COc1ncnc(OC)c1CNC(C)Cn1ccnc1. The van der Waals surface area contributed by atoms with Gasteiger partial charge >= 0.3 is 0 Å². The van der Waals surface area contributed by atoms with Crippen LogP contribution in [0.3, 0.4) is 0 Å². The quantitative estimate of drug-likeness (QED) is 0.809. The molecule has 2 rings (SSSR count). The van der Waals surface area contributed by atoms with E-state index in [1.54, 1.807) is 26.7 Å². The molecule has 108 valence electrons. The van der Waals surface area contributed by atoms with Crippen LogP contribution in [0, 0.1) is 0 Å². The summed E-state index contributed by atoms with van der Waals surface area (Å²) in [7, 11) is 3.17. The summed E-state index contributed by atoms with van der Waals surface area (Å²) < 4.78 is 12.5. The minimum absolute atomic E-state index is 0.263. The van der Waals surface area contributed by atoms with E-state index in [2.05, 4.69) is 27.2 Å². The molecule has 2 aromatic rings. The van der Waals surface area contributed by atoms with E-state index >= 15 is 0 Å². The molecule has 0 amide bonds. The first-order chi connectivity index (χ1) is 9.74. The van der Waals surface area contributed by atoms with Gasteiger partial charge in [0.15, 0.2) is 0 Å². The molecule has 0 radical (unpaired) electrons. The summed E-state index contributed by atoms with van der Waals surface area (Å²) in [6.07, 6.45) is 6.93. The molecule has 20 heavy (non-hydrogen) atoms. The van der Waals surface area contributed by atoms with Gasteiger partial charge in [0.05, 0.1) is 26.1 Å². The predicted molar refractivity (Wildman–Crippen MR) is 73.7 cm³/mol. The molecule has 1 N–H and O–H groups in total. The number of hydrogen-bond acceptors (Lipinski definition) is 6. The van der Waals surface area contributed by atoms with Crippen LogP contribution in [0.15, 0.2) is 25.0 Å². The molecule has 0 saturated heterocycles. The van der Waals surface area contributed by atoms with Crippen LogP contribution in [0.1, 0.15) is 12.5 Å². The summed E-state index contributed by atoms with van der Waals surface area (Å²) >= 11 is 0. The van der Waals surface area contributed by atoms with Crippen molar-refractivity contribution in [2.24, 2.45) is 0 Å². The third-order valence-corrected chi connectivity index (χ3v) is 2.92. The van der Waals surface area contributed by atoms with Crippen molar-refractivity contribution in [1.82, 2.24) is 24.8 Å². The molecule has 0 fully saturated rings. The lowest BCUT2D eigenvalue weighted by atomic mass is 10.2. The van der Waals surface area contributed by atoms with Crippen molar-refractivity contribution in [3.05, 3.63) is 30.6 Å². The number of nitrogens with one attached hydrogen (secondary N) is 1. The fraction of sp³-hybridized carbons (Fsp3) is 0.462. The van der Waals surface area contributed by atoms with Crippen molar-refractivity contribution in [3.63, 3.8) is 0 Å². The highest BCUT2D eigenvalue weighted by atomic mass is 16.5. The highest BCUT2D eigenvalue weighted by Crippen LogP contribution is 2.22. The summed E-state index contributed by atoms with van der Waals surface area (Å²) in [6, 6.07) is 0.263. The van der Waals surface area contributed by atoms with Crippen molar-refractivity contribution in [2.75, 3.05) is 14.2 Å². The maximum Gasteiger partial charge on any atom is 0.224 e. The van der Waals surface area contributed by atoms with Crippen molar-refractivity contribution in [1.29, 1.82) is 0 Å². The maximum atomic E-state index is 5.24. The fourth-order valence-electron chi connectivity index (χ4n) is 1.94. The second-order valence-corrected chi connectivity index (χ2v) is 4.41. The Balaban J connectivity index is 1.99. The molecule has 2 aromatic heterocycles. The first kappa shape index (κ1) is 14.3. The largest absolute Gasteiger partial charge is 0.481 e. The van der Waals surface area contributed by atoms with Gasteiger partial charge in [0.2, 0.25) is 11.8 Å². The Morgan fingerprint density at radius 3 is 2.50 bits per heavy atom. The van der Waals surface area contributed by atoms with Crippen LogP contribution in [0.4, 0.5) is 0 Å². The van der Waals surface area contributed by atoms with Gasteiger partial charge < -0.3 is 19.4 Å². The topological polar surface area (TPSA) is 74.1 Å². The molecule has 0 aliphatic rings. The van der Waals surface area contributed by atoms with Gasteiger partial charge in [0, 0.05) is 31.5 Å². The molecule has 2 heterocycles. The summed E-state index contributed by atoms with van der Waals surface area (Å²) in [5.74, 6) is 1.05. The molecule has 7 nitrogen and oxygen atoms in total. The second-order valence-electron chi connectivity index (χ2n) is 4.41. The standard InChI is InChI=1S/C13H19N5O2/c1-10(7-18-5-4-14-9-18)15-6-11-12(19-2)16-8-17-13(11)20-3/h4-5,8-10,15H,6-7H2,1-3H3. The van der Waals surface area contributed by atoms with E-state index in [1.165, 1.54) is 6.33 Å². The van der Waals surface area contributed by atoms with E-state index in [-0.39, 0.29) is 6.04 Å². The Morgan fingerprint density at radius 1 is 1.25 bits per heavy atom. The smallest absolute Gasteiger partial charge is 0.224 e. The van der Waals surface area contributed by atoms with Crippen molar-refractivity contribution < 1.29 is 9.47 Å². The van der Waals surface area contributed by atoms with Gasteiger partial charge in [0.1, 0.15) is 6.33 Å². The fourth-order valence-corrected chi connectivity index (χ4v) is 1.94. The molecular weight excluding hydrogens is 258 g/mol. The van der Waals surface area contributed by atoms with Gasteiger partial charge in [0.25, 0.3) is 0 Å². The zero-order chi connectivity index (χ0) is 14.4. The predicted octanol–water partition coefficient (Wildman–Crippen LogP) is 0.869. The highest BCUT2D eigenvalue weighted by molar-refractivity contribution is 5.34. The van der Waals surface area contributed by atoms with Crippen molar-refractivity contribution >= 4 is 0 Å². The van der Waals surface area contributed by atoms with Crippen LogP contribution < -0.4 is 14.8 Å². The van der Waals surface area contributed by atoms with E-state index in [9.17, 15) is 0 Å². The molecule has 1 unspecified atom stereocenters. The van der Waals surface area contributed by atoms with Gasteiger partial charge in [-0.25, -0.2) is 15.0 Å². The zero-order valence-electron chi connectivity index (χ0n) is 11.9. The number of hydrogen-bond donors (Lipinski definition) is 1. The minimum atomic E-state index is 0.263. The van der Waals surface area contributed by atoms with Crippen molar-refractivity contribution in [3.8, 4) is 11.8 Å². The van der Waals surface area contributed by atoms with E-state index < -0.39 is 0 Å². The minimum Gasteiger partial charge on any atom is -0.481 e. The zero-order valence-corrected chi connectivity index (χ0v) is 11.9. The lowest BCUT2D eigenvalue weighted by Crippen LogP contribution is -2.30. The van der Waals surface area contributed by atoms with Crippen LogP contribution in [0.5, 0.6) is 11.8 Å². The average Bonchev–Trinajstić information content (AvgIpc) is 2.97. The van der Waals surface area contributed by atoms with Crippen LogP contribution in [0.2, 0.25) is 0 Å². The molecule has 0 aliphatic heterocycles. The molecular formula is C13H19N5O2. The number of ether oxygens (including phenoxy) is 2. The van der Waals surface area contributed by atoms with Crippen LogP contribution in [-0.2, 0) is 13.1 Å². The lowest BCUT2D eigenvalue weighted by molar-refractivity contribution is 0.355. The van der Waals surface area contributed by atoms with Crippen molar-refractivity contribution in [2.45, 2.75) is 26.1 Å². The number of rotatable bonds is 7. The van der Waals surface area contributed by atoms with Gasteiger partial charge in [-0.05, 0) is 6.92 Å². The number of aromatic nitrogens is 4. The van der Waals surface area contributed by atoms with E-state index in [0.29, 0.717) is 18.3 Å². The normalized spacial score (nSPS) is 12.2. The monoisotopic (exact) mass is 277 g/mol. The first-order valence-electron chi connectivity index (χ1n) is 6.35. The van der Waals surface area contributed by atoms with Gasteiger partial charge in [-0.3, -0.25) is 0 Å². The lowest BCUT2D eigenvalue weighted by Gasteiger charge is -2.16.